The summed E-state index contributed by atoms with van der Waals surface area (Å²) in [4.78, 5) is 16.1. The van der Waals surface area contributed by atoms with Crippen molar-refractivity contribution in [2.24, 2.45) is 0 Å². The first-order valence-electron chi connectivity index (χ1n) is 7.74. The number of aromatic nitrogens is 1. The van der Waals surface area contributed by atoms with E-state index in [1.807, 2.05) is 25.1 Å². The molecule has 0 bridgehead atoms. The lowest BCUT2D eigenvalue weighted by molar-refractivity contribution is 0.0965. The van der Waals surface area contributed by atoms with E-state index in [0.717, 1.165) is 47.5 Å². The van der Waals surface area contributed by atoms with Crippen LogP contribution in [0.25, 0.3) is 0 Å². The Kier molecular flexibility index (Phi) is 4.24. The molecule has 5 heteroatoms. The van der Waals surface area contributed by atoms with E-state index in [2.05, 4.69) is 27.8 Å². The van der Waals surface area contributed by atoms with Crippen molar-refractivity contribution < 1.29 is 4.79 Å². The van der Waals surface area contributed by atoms with E-state index < -0.39 is 0 Å². The molecule has 1 aromatic carbocycles. The van der Waals surface area contributed by atoms with Crippen LogP contribution in [0.15, 0.2) is 30.5 Å². The standard InChI is InChI=1S/C18H18N4O/c1-2-20-17-14(7-13(9-19)10-21-17)5-3-12-4-6-15-11-22-18(23)16(15)8-12/h4,6-8,10H,2-3,5,11H2,1H3,(H,20,21)(H,22,23). The monoisotopic (exact) mass is 306 g/mol. The molecule has 0 radical (unpaired) electrons. The highest BCUT2D eigenvalue weighted by Gasteiger charge is 2.18. The molecule has 23 heavy (non-hydrogen) atoms. The van der Waals surface area contributed by atoms with Crippen LogP contribution in [0.4, 0.5) is 5.82 Å². The van der Waals surface area contributed by atoms with Crippen LogP contribution in [0.2, 0.25) is 0 Å². The number of hydrogen-bond acceptors (Lipinski definition) is 4. The Bertz CT molecular complexity index is 792. The Morgan fingerprint density at radius 1 is 1.35 bits per heavy atom. The SMILES string of the molecule is CCNc1ncc(C#N)cc1CCc1ccc2c(c1)C(=O)NC2. The van der Waals surface area contributed by atoms with Gasteiger partial charge in [0.25, 0.3) is 5.91 Å². The Morgan fingerprint density at radius 3 is 3.00 bits per heavy atom. The Hall–Kier alpha value is -2.87. The van der Waals surface area contributed by atoms with E-state index in [1.54, 1.807) is 6.20 Å². The number of hydrogen-bond donors (Lipinski definition) is 2. The summed E-state index contributed by atoms with van der Waals surface area (Å²) in [7, 11) is 0. The summed E-state index contributed by atoms with van der Waals surface area (Å²) in [6.45, 7) is 3.42. The van der Waals surface area contributed by atoms with E-state index in [4.69, 9.17) is 5.26 Å². The zero-order valence-electron chi connectivity index (χ0n) is 13.0. The van der Waals surface area contributed by atoms with E-state index in [1.165, 1.54) is 0 Å². The third-order valence-corrected chi connectivity index (χ3v) is 3.98. The van der Waals surface area contributed by atoms with Gasteiger partial charge in [-0.05, 0) is 48.6 Å². The van der Waals surface area contributed by atoms with Gasteiger partial charge in [-0.25, -0.2) is 4.98 Å². The van der Waals surface area contributed by atoms with Crippen LogP contribution in [0.5, 0.6) is 0 Å². The zero-order chi connectivity index (χ0) is 16.2. The minimum atomic E-state index is 0.00309. The van der Waals surface area contributed by atoms with Gasteiger partial charge in [-0.3, -0.25) is 4.79 Å². The highest BCUT2D eigenvalue weighted by molar-refractivity contribution is 5.98. The number of nitrogens with one attached hydrogen (secondary N) is 2. The molecule has 0 spiro atoms. The van der Waals surface area contributed by atoms with Crippen LogP contribution < -0.4 is 10.6 Å². The molecular formula is C18H18N4O. The number of nitriles is 1. The van der Waals surface area contributed by atoms with Gasteiger partial charge in [0.1, 0.15) is 11.9 Å². The summed E-state index contributed by atoms with van der Waals surface area (Å²) in [5.74, 6) is 0.828. The van der Waals surface area contributed by atoms with Crippen LogP contribution in [-0.2, 0) is 19.4 Å². The minimum Gasteiger partial charge on any atom is -0.370 e. The second-order valence-corrected chi connectivity index (χ2v) is 5.55. The van der Waals surface area contributed by atoms with Crippen LogP contribution in [0.1, 0.15) is 39.5 Å². The minimum absolute atomic E-state index is 0.00309. The molecule has 2 aromatic rings. The third kappa shape index (κ3) is 3.16. The number of benzene rings is 1. The maximum atomic E-state index is 11.7. The molecule has 116 valence electrons. The highest BCUT2D eigenvalue weighted by atomic mass is 16.1. The Balaban J connectivity index is 1.79. The van der Waals surface area contributed by atoms with Gasteiger partial charge in [0.2, 0.25) is 0 Å². The molecule has 0 saturated carbocycles. The van der Waals surface area contributed by atoms with E-state index >= 15 is 0 Å². The first kappa shape index (κ1) is 15.0. The maximum absolute atomic E-state index is 11.7. The van der Waals surface area contributed by atoms with Crippen molar-refractivity contribution >= 4 is 11.7 Å². The average molecular weight is 306 g/mol. The molecule has 1 amide bonds. The van der Waals surface area contributed by atoms with Gasteiger partial charge in [-0.2, -0.15) is 5.26 Å². The molecule has 5 nitrogen and oxygen atoms in total. The number of rotatable bonds is 5. The van der Waals surface area contributed by atoms with Gasteiger partial charge in [0.15, 0.2) is 0 Å². The largest absolute Gasteiger partial charge is 0.370 e. The van der Waals surface area contributed by atoms with Crippen molar-refractivity contribution in [2.75, 3.05) is 11.9 Å². The summed E-state index contributed by atoms with van der Waals surface area (Å²) in [6, 6.07) is 10.1. The van der Waals surface area contributed by atoms with Crippen LogP contribution in [0, 0.1) is 11.3 Å². The van der Waals surface area contributed by atoms with Gasteiger partial charge in [0.05, 0.1) is 5.56 Å². The van der Waals surface area contributed by atoms with Gasteiger partial charge in [0, 0.05) is 24.8 Å². The Morgan fingerprint density at radius 2 is 2.22 bits per heavy atom. The van der Waals surface area contributed by atoms with Crippen molar-refractivity contribution in [1.82, 2.24) is 10.3 Å². The number of carbonyl (C=O) groups excluding carboxylic acids is 1. The van der Waals surface area contributed by atoms with E-state index in [-0.39, 0.29) is 5.91 Å². The fourth-order valence-corrected chi connectivity index (χ4v) is 2.78. The molecule has 1 aliphatic heterocycles. The number of fused-ring (bicyclic) bond motifs is 1. The van der Waals surface area contributed by atoms with Crippen molar-refractivity contribution in [2.45, 2.75) is 26.3 Å². The molecule has 1 aliphatic rings. The number of carbonyl (C=O) groups is 1. The normalized spacial score (nSPS) is 12.4. The lowest BCUT2D eigenvalue weighted by Crippen LogP contribution is -2.12. The Labute approximate surface area is 135 Å². The molecule has 2 heterocycles. The molecule has 0 unspecified atom stereocenters. The molecule has 0 atom stereocenters. The van der Waals surface area contributed by atoms with Crippen LogP contribution >= 0.6 is 0 Å². The van der Waals surface area contributed by atoms with E-state index in [9.17, 15) is 4.79 Å². The van der Waals surface area contributed by atoms with Gasteiger partial charge in [-0.15, -0.1) is 0 Å². The summed E-state index contributed by atoms with van der Waals surface area (Å²) < 4.78 is 0. The number of aryl methyl sites for hydroxylation is 2. The summed E-state index contributed by atoms with van der Waals surface area (Å²) in [6.07, 6.45) is 3.15. The first-order valence-corrected chi connectivity index (χ1v) is 7.74. The zero-order valence-corrected chi connectivity index (χ0v) is 13.0. The van der Waals surface area contributed by atoms with Crippen molar-refractivity contribution in [3.63, 3.8) is 0 Å². The lowest BCUT2D eigenvalue weighted by atomic mass is 10.00. The predicted octanol–water partition coefficient (Wildman–Crippen LogP) is 2.41. The van der Waals surface area contributed by atoms with Crippen molar-refractivity contribution in [1.29, 1.82) is 5.26 Å². The molecule has 3 rings (SSSR count). The number of nitrogens with zero attached hydrogens (tertiary/aromatic N) is 2. The summed E-state index contributed by atoms with van der Waals surface area (Å²) in [5, 5.41) is 15.1. The first-order chi connectivity index (χ1) is 11.2. The fourth-order valence-electron chi connectivity index (χ4n) is 2.78. The fraction of sp³-hybridized carbons (Fsp3) is 0.278. The maximum Gasteiger partial charge on any atom is 0.251 e. The van der Waals surface area contributed by atoms with Gasteiger partial charge < -0.3 is 10.6 Å². The summed E-state index contributed by atoms with van der Waals surface area (Å²) >= 11 is 0. The molecule has 0 aliphatic carbocycles. The van der Waals surface area contributed by atoms with Crippen LogP contribution in [-0.4, -0.2) is 17.4 Å². The molecular weight excluding hydrogens is 288 g/mol. The predicted molar refractivity (Wildman–Crippen MR) is 88.1 cm³/mol. The van der Waals surface area contributed by atoms with Crippen molar-refractivity contribution in [3.05, 3.63) is 58.3 Å². The second-order valence-electron chi connectivity index (χ2n) is 5.55. The average Bonchev–Trinajstić information content (AvgIpc) is 2.95. The number of amides is 1. The molecule has 0 saturated heterocycles. The van der Waals surface area contributed by atoms with E-state index in [0.29, 0.717) is 12.1 Å². The quantitative estimate of drug-likeness (QED) is 0.889. The molecule has 2 N–H and O–H groups in total. The van der Waals surface area contributed by atoms with Crippen molar-refractivity contribution in [3.8, 4) is 6.07 Å². The third-order valence-electron chi connectivity index (χ3n) is 3.98. The van der Waals surface area contributed by atoms with Crippen LogP contribution in [0.3, 0.4) is 0 Å². The van der Waals surface area contributed by atoms with Gasteiger partial charge >= 0.3 is 0 Å². The number of pyridine rings is 1. The molecule has 0 fully saturated rings. The van der Waals surface area contributed by atoms with Gasteiger partial charge in [-0.1, -0.05) is 12.1 Å². The lowest BCUT2D eigenvalue weighted by Gasteiger charge is -2.10. The topological polar surface area (TPSA) is 77.8 Å². The highest BCUT2D eigenvalue weighted by Crippen LogP contribution is 2.20. The molecule has 1 aromatic heterocycles. The smallest absolute Gasteiger partial charge is 0.251 e. The second kappa shape index (κ2) is 6.49. The summed E-state index contributed by atoms with van der Waals surface area (Å²) in [5.41, 5.74) is 4.54. The number of anilines is 1.